The van der Waals surface area contributed by atoms with E-state index in [1.807, 2.05) is 23.9 Å². The molecule has 0 aliphatic carbocycles. The fraction of sp³-hybridized carbons (Fsp3) is 0.438. The summed E-state index contributed by atoms with van der Waals surface area (Å²) in [4.78, 5) is 7.19. The molecule has 3 nitrogen and oxygen atoms in total. The first kappa shape index (κ1) is 15.3. The highest BCUT2D eigenvalue weighted by Crippen LogP contribution is 2.24. The topological polar surface area (TPSA) is 42.2 Å². The fourth-order valence-electron chi connectivity index (χ4n) is 2.22. The summed E-state index contributed by atoms with van der Waals surface area (Å²) in [7, 11) is 0. The number of thioether (sulfide) groups is 1. The number of nitrogens with zero attached hydrogens (tertiary/aromatic N) is 2. The minimum atomic E-state index is 0.547. The summed E-state index contributed by atoms with van der Waals surface area (Å²) in [5.41, 5.74) is 8.06. The molecule has 0 radical (unpaired) electrons. The summed E-state index contributed by atoms with van der Waals surface area (Å²) in [6, 6.07) is 10.4. The lowest BCUT2D eigenvalue weighted by atomic mass is 10.1. The Balaban J connectivity index is 2.12. The molecule has 0 unspecified atom stereocenters. The van der Waals surface area contributed by atoms with Crippen LogP contribution in [0.3, 0.4) is 0 Å². The molecule has 0 spiro atoms. The van der Waals surface area contributed by atoms with E-state index in [1.165, 1.54) is 5.39 Å². The highest BCUT2D eigenvalue weighted by atomic mass is 32.2. The third kappa shape index (κ3) is 3.72. The fourth-order valence-corrected chi connectivity index (χ4v) is 3.26. The van der Waals surface area contributed by atoms with Gasteiger partial charge < -0.3 is 10.6 Å². The summed E-state index contributed by atoms with van der Waals surface area (Å²) >= 11 is 1.81. The highest BCUT2D eigenvalue weighted by molar-refractivity contribution is 7.99. The van der Waals surface area contributed by atoms with Gasteiger partial charge in [-0.25, -0.2) is 4.98 Å². The zero-order valence-corrected chi connectivity index (χ0v) is 13.1. The van der Waals surface area contributed by atoms with Gasteiger partial charge in [0.2, 0.25) is 0 Å². The van der Waals surface area contributed by atoms with E-state index in [2.05, 4.69) is 36.9 Å². The van der Waals surface area contributed by atoms with Gasteiger partial charge in [0.05, 0.1) is 5.52 Å². The van der Waals surface area contributed by atoms with E-state index in [4.69, 9.17) is 10.7 Å². The first-order valence-electron chi connectivity index (χ1n) is 7.22. The molecule has 0 atom stereocenters. The lowest BCUT2D eigenvalue weighted by molar-refractivity contribution is 0.324. The van der Waals surface area contributed by atoms with Gasteiger partial charge in [-0.15, -0.1) is 11.8 Å². The van der Waals surface area contributed by atoms with Crippen LogP contribution in [0.15, 0.2) is 35.4 Å². The molecule has 20 heavy (non-hydrogen) atoms. The van der Waals surface area contributed by atoms with Crippen molar-refractivity contribution in [3.05, 3.63) is 35.9 Å². The second-order valence-corrected chi connectivity index (χ2v) is 5.81. The summed E-state index contributed by atoms with van der Waals surface area (Å²) in [5.74, 6) is 1.06. The van der Waals surface area contributed by atoms with Gasteiger partial charge in [0.15, 0.2) is 0 Å². The maximum Gasteiger partial charge on any atom is 0.101 e. The largest absolute Gasteiger partial charge is 0.326 e. The van der Waals surface area contributed by atoms with Crippen LogP contribution in [0.25, 0.3) is 10.9 Å². The minimum absolute atomic E-state index is 0.547. The Morgan fingerprint density at radius 3 is 2.65 bits per heavy atom. The lowest BCUT2D eigenvalue weighted by Crippen LogP contribution is -2.25. The van der Waals surface area contributed by atoms with Gasteiger partial charge in [0.1, 0.15) is 5.03 Å². The van der Waals surface area contributed by atoms with E-state index in [0.717, 1.165) is 41.5 Å². The van der Waals surface area contributed by atoms with Gasteiger partial charge in [0.25, 0.3) is 0 Å². The normalized spacial score (nSPS) is 11.4. The molecule has 1 heterocycles. The lowest BCUT2D eigenvalue weighted by Gasteiger charge is -2.17. The van der Waals surface area contributed by atoms with Crippen molar-refractivity contribution in [2.24, 2.45) is 5.73 Å². The Labute approximate surface area is 125 Å². The van der Waals surface area contributed by atoms with Gasteiger partial charge >= 0.3 is 0 Å². The van der Waals surface area contributed by atoms with Crippen LogP contribution in [-0.4, -0.2) is 35.3 Å². The van der Waals surface area contributed by atoms with Gasteiger partial charge in [-0.2, -0.15) is 0 Å². The maximum absolute atomic E-state index is 5.86. The highest BCUT2D eigenvalue weighted by Gasteiger charge is 2.07. The number of pyridine rings is 1. The second-order valence-electron chi connectivity index (χ2n) is 4.72. The molecule has 0 bridgehead atoms. The number of para-hydroxylation sites is 1. The molecule has 0 aliphatic heterocycles. The SMILES string of the molecule is CCN(CC)CCSc1nc2ccccc2cc1CN. The van der Waals surface area contributed by atoms with E-state index >= 15 is 0 Å². The van der Waals surface area contributed by atoms with Crippen LogP contribution in [0.1, 0.15) is 19.4 Å². The van der Waals surface area contributed by atoms with Crippen LogP contribution in [0.4, 0.5) is 0 Å². The van der Waals surface area contributed by atoms with Crippen molar-refractivity contribution in [1.29, 1.82) is 0 Å². The second kappa shape index (κ2) is 7.62. The molecule has 0 aliphatic rings. The monoisotopic (exact) mass is 289 g/mol. The smallest absolute Gasteiger partial charge is 0.101 e. The molecule has 4 heteroatoms. The van der Waals surface area contributed by atoms with Crippen LogP contribution in [0.5, 0.6) is 0 Å². The Bertz CT molecular complexity index is 552. The van der Waals surface area contributed by atoms with E-state index < -0.39 is 0 Å². The Kier molecular flexibility index (Phi) is 5.83. The molecule has 1 aromatic heterocycles. The van der Waals surface area contributed by atoms with Crippen LogP contribution in [-0.2, 0) is 6.54 Å². The third-order valence-electron chi connectivity index (χ3n) is 3.52. The molecule has 2 N–H and O–H groups in total. The van der Waals surface area contributed by atoms with Crippen LogP contribution in [0.2, 0.25) is 0 Å². The molecule has 0 saturated heterocycles. The zero-order chi connectivity index (χ0) is 14.4. The molecule has 1 aromatic carbocycles. The summed E-state index contributed by atoms with van der Waals surface area (Å²) in [6.07, 6.45) is 0. The van der Waals surface area contributed by atoms with Crippen LogP contribution < -0.4 is 5.73 Å². The summed E-state index contributed by atoms with van der Waals surface area (Å²) < 4.78 is 0. The van der Waals surface area contributed by atoms with Crippen LogP contribution >= 0.6 is 11.8 Å². The summed E-state index contributed by atoms with van der Waals surface area (Å²) in [6.45, 7) is 8.25. The van der Waals surface area contributed by atoms with Crippen molar-refractivity contribution in [3.63, 3.8) is 0 Å². The predicted molar refractivity (Wildman–Crippen MR) is 88.1 cm³/mol. The summed E-state index contributed by atoms with van der Waals surface area (Å²) in [5, 5.41) is 2.25. The van der Waals surface area contributed by atoms with Gasteiger partial charge in [-0.3, -0.25) is 0 Å². The standard InChI is InChI=1S/C16H23N3S/c1-3-19(4-2)9-10-20-16-14(12-17)11-13-7-5-6-8-15(13)18-16/h5-8,11H,3-4,9-10,12,17H2,1-2H3. The van der Waals surface area contributed by atoms with Gasteiger partial charge in [0, 0.05) is 24.2 Å². The molecular weight excluding hydrogens is 266 g/mol. The molecule has 0 amide bonds. The predicted octanol–water partition coefficient (Wildman–Crippen LogP) is 3.13. The van der Waals surface area contributed by atoms with E-state index in [0.29, 0.717) is 6.54 Å². The molecule has 2 rings (SSSR count). The Morgan fingerprint density at radius 1 is 1.20 bits per heavy atom. The minimum Gasteiger partial charge on any atom is -0.326 e. The van der Waals surface area contributed by atoms with Crippen molar-refractivity contribution < 1.29 is 0 Å². The first-order valence-corrected chi connectivity index (χ1v) is 8.21. The average molecular weight is 289 g/mol. The van der Waals surface area contributed by atoms with Crippen molar-refractivity contribution in [3.8, 4) is 0 Å². The average Bonchev–Trinajstić information content (AvgIpc) is 2.50. The molecule has 2 aromatic rings. The third-order valence-corrected chi connectivity index (χ3v) is 4.54. The maximum atomic E-state index is 5.86. The zero-order valence-electron chi connectivity index (χ0n) is 12.3. The Hall–Kier alpha value is -1.10. The van der Waals surface area contributed by atoms with Crippen LogP contribution in [0, 0.1) is 0 Å². The van der Waals surface area contributed by atoms with E-state index in [-0.39, 0.29) is 0 Å². The van der Waals surface area contributed by atoms with Crippen molar-refractivity contribution in [2.45, 2.75) is 25.4 Å². The van der Waals surface area contributed by atoms with Crippen molar-refractivity contribution >= 4 is 22.7 Å². The van der Waals surface area contributed by atoms with Crippen molar-refractivity contribution in [1.82, 2.24) is 9.88 Å². The number of hydrogen-bond donors (Lipinski definition) is 1. The van der Waals surface area contributed by atoms with Gasteiger partial charge in [-0.1, -0.05) is 32.0 Å². The number of rotatable bonds is 7. The van der Waals surface area contributed by atoms with E-state index in [9.17, 15) is 0 Å². The number of aromatic nitrogens is 1. The van der Waals surface area contributed by atoms with Gasteiger partial charge in [-0.05, 0) is 30.8 Å². The molecule has 0 fully saturated rings. The first-order chi connectivity index (χ1) is 9.78. The molecular formula is C16H23N3S. The molecule has 0 saturated carbocycles. The number of hydrogen-bond acceptors (Lipinski definition) is 4. The quantitative estimate of drug-likeness (QED) is 0.795. The van der Waals surface area contributed by atoms with Crippen molar-refractivity contribution in [2.75, 3.05) is 25.4 Å². The Morgan fingerprint density at radius 2 is 1.95 bits per heavy atom. The number of nitrogens with two attached hydrogens (primary N) is 1. The molecule has 108 valence electrons. The number of benzene rings is 1. The number of fused-ring (bicyclic) bond motifs is 1. The van der Waals surface area contributed by atoms with E-state index in [1.54, 1.807) is 0 Å².